The fourth-order valence-electron chi connectivity index (χ4n) is 1.85. The minimum atomic E-state index is -0.0134. The molecule has 0 radical (unpaired) electrons. The number of amides is 1. The van der Waals surface area contributed by atoms with Crippen LogP contribution in [0.25, 0.3) is 0 Å². The Kier molecular flexibility index (Phi) is 4.35. The lowest BCUT2D eigenvalue weighted by Gasteiger charge is -2.19. The van der Waals surface area contributed by atoms with Crippen molar-refractivity contribution in [2.75, 3.05) is 7.05 Å². The van der Waals surface area contributed by atoms with Gasteiger partial charge in [0.15, 0.2) is 0 Å². The topological polar surface area (TPSA) is 46.9 Å². The summed E-state index contributed by atoms with van der Waals surface area (Å²) >= 11 is 2.27. The van der Waals surface area contributed by atoms with Crippen LogP contribution in [0.3, 0.4) is 0 Å². The van der Waals surface area contributed by atoms with Gasteiger partial charge in [0.1, 0.15) is 0 Å². The molecule has 0 spiro atoms. The molecule has 2 rings (SSSR count). The Bertz CT molecular complexity index is 524. The molecule has 1 atom stereocenters. The number of halogens is 1. The molecule has 0 aromatic carbocycles. The van der Waals surface area contributed by atoms with Gasteiger partial charge in [0.05, 0.1) is 16.2 Å². The van der Waals surface area contributed by atoms with E-state index in [9.17, 15) is 4.79 Å². The van der Waals surface area contributed by atoms with E-state index < -0.39 is 0 Å². The van der Waals surface area contributed by atoms with E-state index in [0.717, 1.165) is 9.26 Å². The number of hydrogen-bond acceptors (Lipinski definition) is 2. The zero-order valence-corrected chi connectivity index (χ0v) is 12.2. The highest BCUT2D eigenvalue weighted by Crippen LogP contribution is 2.24. The Hall–Kier alpha value is -1.37. The van der Waals surface area contributed by atoms with Gasteiger partial charge < -0.3 is 9.88 Å². The minimum absolute atomic E-state index is 0.0134. The summed E-state index contributed by atoms with van der Waals surface area (Å²) in [5.41, 5.74) is 1.04. The minimum Gasteiger partial charge on any atom is -0.359 e. The second-order valence-electron chi connectivity index (χ2n) is 3.92. The molecule has 2 aromatic heterocycles. The van der Waals surface area contributed by atoms with Crippen LogP contribution in [0.1, 0.15) is 18.0 Å². The van der Waals surface area contributed by atoms with E-state index in [1.54, 1.807) is 13.2 Å². The molecule has 0 fully saturated rings. The van der Waals surface area contributed by atoms with E-state index in [1.165, 1.54) is 0 Å². The third kappa shape index (κ3) is 2.90. The van der Waals surface area contributed by atoms with Crippen LogP contribution < -0.4 is 5.32 Å². The summed E-state index contributed by atoms with van der Waals surface area (Å²) in [5.74, 6) is 0.0216. The first-order valence-electron chi connectivity index (χ1n) is 5.65. The summed E-state index contributed by atoms with van der Waals surface area (Å²) < 4.78 is 3.19. The maximum Gasteiger partial charge on any atom is 0.222 e. The molecule has 0 aliphatic rings. The summed E-state index contributed by atoms with van der Waals surface area (Å²) in [7, 11) is 1.66. The Labute approximate surface area is 120 Å². The summed E-state index contributed by atoms with van der Waals surface area (Å²) in [6, 6.07) is 7.88. The van der Waals surface area contributed by atoms with Crippen LogP contribution in [-0.2, 0) is 4.79 Å². The van der Waals surface area contributed by atoms with Crippen LogP contribution in [0.15, 0.2) is 42.9 Å². The quantitative estimate of drug-likeness (QED) is 0.855. The first-order valence-corrected chi connectivity index (χ1v) is 6.73. The average Bonchev–Trinajstić information content (AvgIpc) is 2.83. The zero-order chi connectivity index (χ0) is 13.0. The average molecular weight is 355 g/mol. The first-order chi connectivity index (χ1) is 8.72. The maximum absolute atomic E-state index is 11.7. The normalized spacial score (nSPS) is 12.1. The van der Waals surface area contributed by atoms with Gasteiger partial charge in [-0.25, -0.2) is 0 Å². The maximum atomic E-state index is 11.7. The number of nitrogens with zero attached hydrogens (tertiary/aromatic N) is 2. The van der Waals surface area contributed by atoms with E-state index in [0.29, 0.717) is 6.42 Å². The molecule has 0 unspecified atom stereocenters. The second kappa shape index (κ2) is 5.99. The molecular formula is C13H14IN3O. The molecule has 94 valence electrons. The highest BCUT2D eigenvalue weighted by molar-refractivity contribution is 14.1. The lowest BCUT2D eigenvalue weighted by atomic mass is 10.1. The molecule has 1 amide bonds. The summed E-state index contributed by atoms with van der Waals surface area (Å²) in [5, 5.41) is 2.67. The Morgan fingerprint density at radius 3 is 2.89 bits per heavy atom. The van der Waals surface area contributed by atoms with Crippen molar-refractivity contribution in [3.63, 3.8) is 0 Å². The predicted molar refractivity (Wildman–Crippen MR) is 78.2 cm³/mol. The van der Waals surface area contributed by atoms with Crippen LogP contribution in [0.2, 0.25) is 0 Å². The van der Waals surface area contributed by atoms with Gasteiger partial charge >= 0.3 is 0 Å². The van der Waals surface area contributed by atoms with Crippen LogP contribution in [-0.4, -0.2) is 22.5 Å². The van der Waals surface area contributed by atoms with E-state index in [1.807, 2.05) is 36.7 Å². The molecule has 4 nitrogen and oxygen atoms in total. The fraction of sp³-hybridized carbons (Fsp3) is 0.231. The zero-order valence-electron chi connectivity index (χ0n) is 10.0. The van der Waals surface area contributed by atoms with Crippen molar-refractivity contribution in [3.05, 3.63) is 52.1 Å². The number of rotatable bonds is 4. The van der Waals surface area contributed by atoms with Gasteiger partial charge in [-0.15, -0.1) is 0 Å². The van der Waals surface area contributed by atoms with Crippen LogP contribution in [0, 0.1) is 3.70 Å². The Balaban J connectivity index is 2.35. The first kappa shape index (κ1) is 13.1. The number of pyridine rings is 1. The number of nitrogens with one attached hydrogen (secondary N) is 1. The van der Waals surface area contributed by atoms with Gasteiger partial charge in [-0.3, -0.25) is 9.78 Å². The van der Waals surface area contributed by atoms with E-state index in [2.05, 4.69) is 37.5 Å². The third-order valence-electron chi connectivity index (χ3n) is 2.79. The molecule has 18 heavy (non-hydrogen) atoms. The second-order valence-corrected chi connectivity index (χ2v) is 5.02. The Morgan fingerprint density at radius 1 is 1.50 bits per heavy atom. The lowest BCUT2D eigenvalue weighted by Crippen LogP contribution is -2.24. The molecule has 0 bridgehead atoms. The van der Waals surface area contributed by atoms with Crippen molar-refractivity contribution in [1.82, 2.24) is 14.9 Å². The molecule has 5 heteroatoms. The number of hydrogen-bond donors (Lipinski definition) is 1. The van der Waals surface area contributed by atoms with Gasteiger partial charge in [0, 0.05) is 25.6 Å². The highest BCUT2D eigenvalue weighted by atomic mass is 127. The molecule has 0 aliphatic carbocycles. The molecule has 2 heterocycles. The van der Waals surface area contributed by atoms with Crippen molar-refractivity contribution in [3.8, 4) is 0 Å². The van der Waals surface area contributed by atoms with Crippen molar-refractivity contribution >= 4 is 28.5 Å². The summed E-state index contributed by atoms with van der Waals surface area (Å²) in [6.45, 7) is 0. The van der Waals surface area contributed by atoms with Gasteiger partial charge in [-0.05, 0) is 46.4 Å². The van der Waals surface area contributed by atoms with Crippen molar-refractivity contribution in [1.29, 1.82) is 0 Å². The Morgan fingerprint density at radius 2 is 2.33 bits per heavy atom. The molecule has 0 aliphatic heterocycles. The monoisotopic (exact) mass is 355 g/mol. The number of aromatic nitrogens is 2. The standard InChI is InChI=1S/C13H14IN3O/c1-15-13(18)8-11(10-4-2-6-16-9-10)17-7-3-5-12(17)14/h2-7,9,11H,8H2,1H3,(H,15,18)/t11-/m1/s1. The molecular weight excluding hydrogens is 341 g/mol. The van der Waals surface area contributed by atoms with Crippen molar-refractivity contribution in [2.24, 2.45) is 0 Å². The van der Waals surface area contributed by atoms with Crippen molar-refractivity contribution in [2.45, 2.75) is 12.5 Å². The van der Waals surface area contributed by atoms with Crippen molar-refractivity contribution < 1.29 is 4.79 Å². The third-order valence-corrected chi connectivity index (χ3v) is 3.71. The predicted octanol–water partition coefficient (Wildman–Crippen LogP) is 2.21. The highest BCUT2D eigenvalue weighted by Gasteiger charge is 2.18. The molecule has 1 N–H and O–H groups in total. The van der Waals surface area contributed by atoms with Gasteiger partial charge in [-0.2, -0.15) is 0 Å². The molecule has 2 aromatic rings. The SMILES string of the molecule is CNC(=O)C[C@H](c1cccnc1)n1cccc1I. The summed E-state index contributed by atoms with van der Waals surface area (Å²) in [6.07, 6.45) is 5.94. The largest absolute Gasteiger partial charge is 0.359 e. The molecule has 0 saturated carbocycles. The molecule has 0 saturated heterocycles. The van der Waals surface area contributed by atoms with Crippen LogP contribution in [0.5, 0.6) is 0 Å². The van der Waals surface area contributed by atoms with Crippen LogP contribution >= 0.6 is 22.6 Å². The number of carbonyl (C=O) groups is 1. The lowest BCUT2D eigenvalue weighted by molar-refractivity contribution is -0.121. The van der Waals surface area contributed by atoms with E-state index in [-0.39, 0.29) is 11.9 Å². The summed E-state index contributed by atoms with van der Waals surface area (Å²) in [4.78, 5) is 15.8. The van der Waals surface area contributed by atoms with E-state index >= 15 is 0 Å². The van der Waals surface area contributed by atoms with Gasteiger partial charge in [0.25, 0.3) is 0 Å². The smallest absolute Gasteiger partial charge is 0.222 e. The van der Waals surface area contributed by atoms with Gasteiger partial charge in [-0.1, -0.05) is 6.07 Å². The van der Waals surface area contributed by atoms with Crippen LogP contribution in [0.4, 0.5) is 0 Å². The number of carbonyl (C=O) groups excluding carboxylic acids is 1. The van der Waals surface area contributed by atoms with Gasteiger partial charge in [0.2, 0.25) is 5.91 Å². The van der Waals surface area contributed by atoms with E-state index in [4.69, 9.17) is 0 Å². The fourth-order valence-corrected chi connectivity index (χ4v) is 2.56.